The van der Waals surface area contributed by atoms with Gasteiger partial charge in [0.1, 0.15) is 17.1 Å². The Morgan fingerprint density at radius 1 is 0.929 bits per heavy atom. The molecule has 1 aromatic heterocycles. The second kappa shape index (κ2) is 8.81. The second-order valence-corrected chi connectivity index (χ2v) is 6.26. The molecule has 3 aromatic rings. The maximum absolute atomic E-state index is 12.5. The van der Waals surface area contributed by atoms with E-state index in [2.05, 4.69) is 15.6 Å². The van der Waals surface area contributed by atoms with E-state index >= 15 is 0 Å². The number of hydrogen-bond acceptors (Lipinski definition) is 4. The summed E-state index contributed by atoms with van der Waals surface area (Å²) in [6.07, 6.45) is 0. The van der Waals surface area contributed by atoms with Crippen LogP contribution in [0.15, 0.2) is 66.7 Å². The molecular weight excluding hydrogens is 354 g/mol. The van der Waals surface area contributed by atoms with Crippen molar-refractivity contribution in [3.63, 3.8) is 0 Å². The fraction of sp³-hybridized carbons (Fsp3) is 0.136. The van der Waals surface area contributed by atoms with Gasteiger partial charge in [0.25, 0.3) is 11.8 Å². The van der Waals surface area contributed by atoms with Crippen LogP contribution in [0.4, 0.5) is 5.69 Å². The number of carbonyl (C=O) groups is 2. The first-order valence-corrected chi connectivity index (χ1v) is 8.81. The topological polar surface area (TPSA) is 80.3 Å². The average Bonchev–Trinajstić information content (AvgIpc) is 2.73. The molecule has 6 nitrogen and oxygen atoms in total. The van der Waals surface area contributed by atoms with Crippen LogP contribution in [0.3, 0.4) is 0 Å². The van der Waals surface area contributed by atoms with Gasteiger partial charge in [0.2, 0.25) is 0 Å². The lowest BCUT2D eigenvalue weighted by molar-refractivity contribution is 0.0945. The van der Waals surface area contributed by atoms with E-state index in [0.29, 0.717) is 18.0 Å². The molecule has 28 heavy (non-hydrogen) atoms. The summed E-state index contributed by atoms with van der Waals surface area (Å²) in [7, 11) is 1.56. The molecular formula is C22H21N3O3. The molecule has 1 heterocycles. The van der Waals surface area contributed by atoms with Gasteiger partial charge in [0.15, 0.2) is 0 Å². The van der Waals surface area contributed by atoms with E-state index < -0.39 is 5.91 Å². The van der Waals surface area contributed by atoms with Gasteiger partial charge in [-0.1, -0.05) is 42.0 Å². The van der Waals surface area contributed by atoms with Gasteiger partial charge in [-0.3, -0.25) is 9.59 Å². The van der Waals surface area contributed by atoms with Crippen molar-refractivity contribution in [1.29, 1.82) is 0 Å². The number of benzene rings is 2. The van der Waals surface area contributed by atoms with Crippen molar-refractivity contribution in [3.05, 3.63) is 89.2 Å². The number of ether oxygens (including phenoxy) is 1. The summed E-state index contributed by atoms with van der Waals surface area (Å²) < 4.78 is 5.14. The molecule has 0 saturated carbocycles. The first-order chi connectivity index (χ1) is 13.5. The zero-order chi connectivity index (χ0) is 19.9. The van der Waals surface area contributed by atoms with Crippen LogP contribution in [0, 0.1) is 6.92 Å². The highest BCUT2D eigenvalue weighted by Crippen LogP contribution is 2.17. The van der Waals surface area contributed by atoms with Crippen LogP contribution in [0.25, 0.3) is 0 Å². The molecule has 0 spiro atoms. The minimum Gasteiger partial charge on any atom is -0.497 e. The zero-order valence-corrected chi connectivity index (χ0v) is 15.7. The molecule has 0 radical (unpaired) electrons. The SMILES string of the molecule is COc1cccc(NC(=O)c2cccc(C(=O)NCc3ccc(C)cc3)n2)c1. The number of nitrogens with zero attached hydrogens (tertiary/aromatic N) is 1. The van der Waals surface area contributed by atoms with E-state index in [4.69, 9.17) is 4.74 Å². The molecule has 0 saturated heterocycles. The highest BCUT2D eigenvalue weighted by Gasteiger charge is 2.13. The largest absolute Gasteiger partial charge is 0.497 e. The maximum Gasteiger partial charge on any atom is 0.274 e. The fourth-order valence-electron chi connectivity index (χ4n) is 2.56. The van der Waals surface area contributed by atoms with Crippen LogP contribution in [-0.2, 0) is 6.54 Å². The minimum absolute atomic E-state index is 0.158. The van der Waals surface area contributed by atoms with E-state index in [1.165, 1.54) is 0 Å². The molecule has 0 unspecified atom stereocenters. The number of methoxy groups -OCH3 is 1. The van der Waals surface area contributed by atoms with E-state index in [9.17, 15) is 9.59 Å². The molecule has 6 heteroatoms. The van der Waals surface area contributed by atoms with Gasteiger partial charge in [0.05, 0.1) is 7.11 Å². The van der Waals surface area contributed by atoms with E-state index in [1.54, 1.807) is 49.6 Å². The standard InChI is InChI=1S/C22H21N3O3/c1-15-9-11-16(12-10-15)14-23-21(26)19-7-4-8-20(25-19)22(27)24-17-5-3-6-18(13-17)28-2/h3-13H,14H2,1-2H3,(H,23,26)(H,24,27). The van der Waals surface area contributed by atoms with Crippen molar-refractivity contribution in [2.75, 3.05) is 12.4 Å². The quantitative estimate of drug-likeness (QED) is 0.690. The third-order valence-electron chi connectivity index (χ3n) is 4.12. The summed E-state index contributed by atoms with van der Waals surface area (Å²) in [5.74, 6) is -0.104. The maximum atomic E-state index is 12.5. The van der Waals surface area contributed by atoms with Crippen LogP contribution in [0.1, 0.15) is 32.1 Å². The van der Waals surface area contributed by atoms with E-state index in [0.717, 1.165) is 11.1 Å². The highest BCUT2D eigenvalue weighted by atomic mass is 16.5. The molecule has 142 valence electrons. The number of anilines is 1. The van der Waals surface area contributed by atoms with Gasteiger partial charge >= 0.3 is 0 Å². The Hall–Kier alpha value is -3.67. The van der Waals surface area contributed by atoms with Gasteiger partial charge in [0, 0.05) is 18.3 Å². The number of nitrogens with one attached hydrogen (secondary N) is 2. The van der Waals surface area contributed by atoms with Crippen LogP contribution in [-0.4, -0.2) is 23.9 Å². The number of amides is 2. The highest BCUT2D eigenvalue weighted by molar-refractivity contribution is 6.03. The Kier molecular flexibility index (Phi) is 6.01. The summed E-state index contributed by atoms with van der Waals surface area (Å²) in [4.78, 5) is 29.0. The lowest BCUT2D eigenvalue weighted by Gasteiger charge is -2.08. The third kappa shape index (κ3) is 4.94. The van der Waals surface area contributed by atoms with E-state index in [1.807, 2.05) is 31.2 Å². The Morgan fingerprint density at radius 2 is 1.61 bits per heavy atom. The number of carbonyl (C=O) groups excluding carboxylic acids is 2. The molecule has 3 rings (SSSR count). The van der Waals surface area contributed by atoms with Crippen molar-refractivity contribution >= 4 is 17.5 Å². The Morgan fingerprint density at radius 3 is 2.32 bits per heavy atom. The number of rotatable bonds is 6. The lowest BCUT2D eigenvalue weighted by Crippen LogP contribution is -2.25. The van der Waals surface area contributed by atoms with E-state index in [-0.39, 0.29) is 17.3 Å². The molecule has 2 amide bonds. The summed E-state index contributed by atoms with van der Waals surface area (Å²) in [5, 5.41) is 5.56. The monoisotopic (exact) mass is 375 g/mol. The van der Waals surface area contributed by atoms with Crippen LogP contribution < -0.4 is 15.4 Å². The molecule has 2 N–H and O–H groups in total. The lowest BCUT2D eigenvalue weighted by atomic mass is 10.1. The molecule has 0 aliphatic heterocycles. The first-order valence-electron chi connectivity index (χ1n) is 8.81. The van der Waals surface area contributed by atoms with Gasteiger partial charge in [-0.25, -0.2) is 4.98 Å². The normalized spacial score (nSPS) is 10.2. The van der Waals surface area contributed by atoms with Crippen molar-refractivity contribution < 1.29 is 14.3 Å². The molecule has 0 fully saturated rings. The number of hydrogen-bond donors (Lipinski definition) is 2. The number of aromatic nitrogens is 1. The average molecular weight is 375 g/mol. The summed E-state index contributed by atoms with van der Waals surface area (Å²) in [6, 6.07) is 19.7. The van der Waals surface area contributed by atoms with Gasteiger partial charge in [-0.2, -0.15) is 0 Å². The zero-order valence-electron chi connectivity index (χ0n) is 15.7. The molecule has 0 atom stereocenters. The second-order valence-electron chi connectivity index (χ2n) is 6.26. The number of pyridine rings is 1. The first kappa shape index (κ1) is 19.1. The van der Waals surface area contributed by atoms with Crippen molar-refractivity contribution in [1.82, 2.24) is 10.3 Å². The number of aryl methyl sites for hydroxylation is 1. The van der Waals surface area contributed by atoms with Gasteiger partial charge < -0.3 is 15.4 Å². The predicted octanol–water partition coefficient (Wildman–Crippen LogP) is 3.58. The Balaban J connectivity index is 1.65. The smallest absolute Gasteiger partial charge is 0.274 e. The third-order valence-corrected chi connectivity index (χ3v) is 4.12. The summed E-state index contributed by atoms with van der Waals surface area (Å²) >= 11 is 0. The van der Waals surface area contributed by atoms with Crippen molar-refractivity contribution in [2.45, 2.75) is 13.5 Å². The predicted molar refractivity (Wildman–Crippen MR) is 108 cm³/mol. The van der Waals surface area contributed by atoms with Crippen molar-refractivity contribution in [2.24, 2.45) is 0 Å². The molecule has 0 aliphatic rings. The molecule has 0 aliphatic carbocycles. The van der Waals surface area contributed by atoms with Gasteiger partial charge in [-0.05, 0) is 36.8 Å². The summed E-state index contributed by atoms with van der Waals surface area (Å²) in [6.45, 7) is 2.40. The Bertz CT molecular complexity index is 984. The van der Waals surface area contributed by atoms with Gasteiger partial charge in [-0.15, -0.1) is 0 Å². The summed E-state index contributed by atoms with van der Waals surface area (Å²) in [5.41, 5.74) is 3.08. The molecule has 0 bridgehead atoms. The van der Waals surface area contributed by atoms with Crippen LogP contribution in [0.5, 0.6) is 5.75 Å². The molecule has 2 aromatic carbocycles. The van der Waals surface area contributed by atoms with Crippen LogP contribution >= 0.6 is 0 Å². The fourth-order valence-corrected chi connectivity index (χ4v) is 2.56. The van der Waals surface area contributed by atoms with Crippen LogP contribution in [0.2, 0.25) is 0 Å². The minimum atomic E-state index is -0.401. The van der Waals surface area contributed by atoms with Crippen molar-refractivity contribution in [3.8, 4) is 5.75 Å². The Labute approximate surface area is 163 Å².